The van der Waals surface area contributed by atoms with Crippen LogP contribution in [0.5, 0.6) is 0 Å². The van der Waals surface area contributed by atoms with Gasteiger partial charge < -0.3 is 0 Å². The van der Waals surface area contributed by atoms with Crippen molar-refractivity contribution in [3.63, 3.8) is 0 Å². The lowest BCUT2D eigenvalue weighted by molar-refractivity contribution is 2.03. The molecular formula is C8H8. The minimum atomic E-state index is 1.55. The first-order valence-corrected chi connectivity index (χ1v) is 2.31. The van der Waals surface area contributed by atoms with Crippen molar-refractivity contribution in [2.45, 2.75) is 0 Å². The van der Waals surface area contributed by atoms with Crippen LogP contribution in [-0.2, 0) is 0 Å². The van der Waals surface area contributed by atoms with Crippen LogP contribution < -0.4 is 0 Å². The van der Waals surface area contributed by atoms with E-state index in [-0.39, 0.29) is 0 Å². The molecule has 0 bridgehead atoms. The van der Waals surface area contributed by atoms with Crippen LogP contribution in [-0.4, -0.2) is 0 Å². The smallest absolute Gasteiger partial charge is 0.0116 e. The molecule has 0 fully saturated rings. The first kappa shape index (κ1) is 6.78. The quantitative estimate of drug-likeness (QED) is 0.352. The third-order valence-electron chi connectivity index (χ3n) is 0.501. The van der Waals surface area contributed by atoms with E-state index in [0.29, 0.717) is 0 Å². The largest absolute Gasteiger partial charge is 0.0990 e. The lowest BCUT2D eigenvalue weighted by Crippen LogP contribution is -1.46. The first-order chi connectivity index (χ1) is 3.91. The molecule has 0 aromatic rings. The lowest BCUT2D eigenvalue weighted by atomic mass is 10.5. The average molecular weight is 104 g/mol. The molecule has 0 aromatic heterocycles. The Morgan fingerprint density at radius 3 is 2.38 bits per heavy atom. The van der Waals surface area contributed by atoms with Crippen molar-refractivity contribution < 1.29 is 0 Å². The summed E-state index contributed by atoms with van der Waals surface area (Å²) < 4.78 is 0. The molecule has 0 heterocycles. The van der Waals surface area contributed by atoms with E-state index in [0.717, 1.165) is 0 Å². The summed E-state index contributed by atoms with van der Waals surface area (Å²) in [7, 11) is 0. The maximum atomic E-state index is 3.48. The Morgan fingerprint density at radius 2 is 1.88 bits per heavy atom. The predicted molar refractivity (Wildman–Crippen MR) is 37.3 cm³/mol. The Kier molecular flexibility index (Phi) is 4.90. The summed E-state index contributed by atoms with van der Waals surface area (Å²) in [5.41, 5.74) is 0. The normalized spacial score (nSPS) is 7.50. The molecule has 0 N–H and O–H groups in total. The second-order valence-corrected chi connectivity index (χ2v) is 1.09. The topological polar surface area (TPSA) is 0 Å². The maximum Gasteiger partial charge on any atom is -0.0116 e. The molecule has 0 amide bonds. The molecular weight excluding hydrogens is 96.1 g/mol. The Balaban J connectivity index is 3.56. The molecule has 0 saturated heterocycles. The fraction of sp³-hybridized carbons (Fsp3) is 0. The van der Waals surface area contributed by atoms with E-state index in [1.54, 1.807) is 24.3 Å². The molecule has 0 heteroatoms. The summed E-state index contributed by atoms with van der Waals surface area (Å²) in [6.07, 6.45) is 6.72. The van der Waals surface area contributed by atoms with Crippen molar-refractivity contribution in [1.29, 1.82) is 0 Å². The van der Waals surface area contributed by atoms with Crippen LogP contribution in [0.15, 0.2) is 37.5 Å². The van der Waals surface area contributed by atoms with Crippen LogP contribution in [0.1, 0.15) is 0 Å². The van der Waals surface area contributed by atoms with E-state index >= 15 is 0 Å². The molecule has 0 unspecified atom stereocenters. The number of rotatable bonds is 1. The third kappa shape index (κ3) is 4.78. The average Bonchev–Trinajstić information content (AvgIpc) is 1.81. The standard InChI is InChI=1S/C8H8/c1-3-5-7-8-6-4-2/h3-5,7H,1-2H2/b7-5+. The Hall–Kier alpha value is -1.22. The highest BCUT2D eigenvalue weighted by atomic mass is 13.6. The fourth-order valence-electron chi connectivity index (χ4n) is 0.223. The zero-order valence-electron chi connectivity index (χ0n) is 4.72. The van der Waals surface area contributed by atoms with Crippen LogP contribution in [0.2, 0.25) is 0 Å². The van der Waals surface area contributed by atoms with Gasteiger partial charge in [0.1, 0.15) is 0 Å². The van der Waals surface area contributed by atoms with Crippen molar-refractivity contribution in [3.05, 3.63) is 37.5 Å². The second-order valence-electron chi connectivity index (χ2n) is 1.09. The molecule has 0 aliphatic rings. The summed E-state index contributed by atoms with van der Waals surface area (Å²) in [5.74, 6) is 5.38. The van der Waals surface area contributed by atoms with Gasteiger partial charge in [-0.2, -0.15) is 0 Å². The molecule has 0 aliphatic carbocycles. The summed E-state index contributed by atoms with van der Waals surface area (Å²) in [6.45, 7) is 6.90. The SMILES string of the molecule is C=CC#C/C=C/C=C. The summed E-state index contributed by atoms with van der Waals surface area (Å²) in [6, 6.07) is 0. The molecule has 0 nitrogen and oxygen atoms in total. The van der Waals surface area contributed by atoms with Crippen LogP contribution in [0.25, 0.3) is 0 Å². The van der Waals surface area contributed by atoms with E-state index in [2.05, 4.69) is 25.0 Å². The van der Waals surface area contributed by atoms with Crippen LogP contribution in [0, 0.1) is 11.8 Å². The van der Waals surface area contributed by atoms with Crippen molar-refractivity contribution in [3.8, 4) is 11.8 Å². The summed E-state index contributed by atoms with van der Waals surface area (Å²) in [4.78, 5) is 0. The maximum absolute atomic E-state index is 3.48. The van der Waals surface area contributed by atoms with Crippen molar-refractivity contribution in [2.75, 3.05) is 0 Å². The minimum absolute atomic E-state index is 1.55. The molecule has 8 heavy (non-hydrogen) atoms. The highest BCUT2D eigenvalue weighted by Crippen LogP contribution is 1.68. The van der Waals surface area contributed by atoms with Gasteiger partial charge in [-0.15, -0.1) is 0 Å². The fourth-order valence-corrected chi connectivity index (χ4v) is 0.223. The molecule has 0 saturated carbocycles. The second kappa shape index (κ2) is 5.78. The lowest BCUT2D eigenvalue weighted by Gasteiger charge is -1.61. The van der Waals surface area contributed by atoms with Gasteiger partial charge in [0.05, 0.1) is 0 Å². The Morgan fingerprint density at radius 1 is 1.12 bits per heavy atom. The molecule has 0 aliphatic heterocycles. The third-order valence-corrected chi connectivity index (χ3v) is 0.501. The van der Waals surface area contributed by atoms with Gasteiger partial charge in [-0.1, -0.05) is 37.2 Å². The molecule has 0 radical (unpaired) electrons. The Labute approximate surface area is 50.2 Å². The molecule has 40 valence electrons. The van der Waals surface area contributed by atoms with Gasteiger partial charge in [-0.05, 0) is 12.2 Å². The predicted octanol–water partition coefficient (Wildman–Crippen LogP) is 1.92. The van der Waals surface area contributed by atoms with Gasteiger partial charge in [0.2, 0.25) is 0 Å². The van der Waals surface area contributed by atoms with Crippen molar-refractivity contribution in [2.24, 2.45) is 0 Å². The highest BCUT2D eigenvalue weighted by molar-refractivity contribution is 5.23. The Bertz CT molecular complexity index is 151. The zero-order chi connectivity index (χ0) is 6.24. The van der Waals surface area contributed by atoms with Gasteiger partial charge in [-0.25, -0.2) is 0 Å². The molecule has 0 rings (SSSR count). The van der Waals surface area contributed by atoms with Gasteiger partial charge in [-0.3, -0.25) is 0 Å². The van der Waals surface area contributed by atoms with E-state index < -0.39 is 0 Å². The monoisotopic (exact) mass is 104 g/mol. The number of allylic oxidation sites excluding steroid dienone is 4. The van der Waals surface area contributed by atoms with E-state index in [1.807, 2.05) is 0 Å². The van der Waals surface area contributed by atoms with E-state index in [9.17, 15) is 0 Å². The summed E-state index contributed by atoms with van der Waals surface area (Å²) in [5, 5.41) is 0. The van der Waals surface area contributed by atoms with Crippen LogP contribution in [0.3, 0.4) is 0 Å². The van der Waals surface area contributed by atoms with Gasteiger partial charge >= 0.3 is 0 Å². The molecule has 0 spiro atoms. The summed E-state index contributed by atoms with van der Waals surface area (Å²) >= 11 is 0. The van der Waals surface area contributed by atoms with Crippen LogP contribution in [0.4, 0.5) is 0 Å². The first-order valence-electron chi connectivity index (χ1n) is 2.31. The van der Waals surface area contributed by atoms with Crippen LogP contribution >= 0.6 is 0 Å². The highest BCUT2D eigenvalue weighted by Gasteiger charge is 1.51. The minimum Gasteiger partial charge on any atom is -0.0990 e. The van der Waals surface area contributed by atoms with E-state index in [1.165, 1.54) is 0 Å². The van der Waals surface area contributed by atoms with Crippen molar-refractivity contribution >= 4 is 0 Å². The van der Waals surface area contributed by atoms with Gasteiger partial charge in [0.25, 0.3) is 0 Å². The van der Waals surface area contributed by atoms with Gasteiger partial charge in [0.15, 0.2) is 0 Å². The van der Waals surface area contributed by atoms with Crippen molar-refractivity contribution in [1.82, 2.24) is 0 Å². The zero-order valence-corrected chi connectivity index (χ0v) is 4.72. The molecule has 0 atom stereocenters. The van der Waals surface area contributed by atoms with Gasteiger partial charge in [0, 0.05) is 0 Å². The van der Waals surface area contributed by atoms with E-state index in [4.69, 9.17) is 0 Å². The number of hydrogen-bond donors (Lipinski definition) is 0. The number of hydrogen-bond acceptors (Lipinski definition) is 0. The molecule has 0 aromatic carbocycles.